The molecule has 0 aliphatic rings. The third-order valence-electron chi connectivity index (χ3n) is 3.79. The molecule has 3 nitrogen and oxygen atoms in total. The summed E-state index contributed by atoms with van der Waals surface area (Å²) in [4.78, 5) is 16.1. The Labute approximate surface area is 136 Å². The summed E-state index contributed by atoms with van der Waals surface area (Å²) >= 11 is 3.39. The average molecular weight is 355 g/mol. The van der Waals surface area contributed by atoms with E-state index in [1.807, 2.05) is 38.1 Å². The number of carbonyl (C=O) groups excluding carboxylic acids is 1. The smallest absolute Gasteiger partial charge is 0.0727 e. The minimum atomic E-state index is -1.19. The number of fused-ring (bicyclic) bond motifs is 1. The lowest BCUT2D eigenvalue weighted by atomic mass is 10.0. The lowest BCUT2D eigenvalue weighted by molar-refractivity contribution is -0.254. The van der Waals surface area contributed by atoms with Crippen LogP contribution in [0.3, 0.4) is 0 Å². The number of carboxylic acid groups (broad SMARTS) is 1. The second kappa shape index (κ2) is 5.54. The van der Waals surface area contributed by atoms with Crippen molar-refractivity contribution in [1.29, 1.82) is 0 Å². The Morgan fingerprint density at radius 1 is 1.05 bits per heavy atom. The van der Waals surface area contributed by atoms with Crippen molar-refractivity contribution < 1.29 is 9.90 Å². The van der Waals surface area contributed by atoms with Crippen LogP contribution in [0.25, 0.3) is 22.2 Å². The number of aromatic nitrogens is 1. The molecule has 0 spiro atoms. The number of carboxylic acids is 1. The van der Waals surface area contributed by atoms with Gasteiger partial charge in [-0.3, -0.25) is 0 Å². The number of benzene rings is 2. The van der Waals surface area contributed by atoms with Gasteiger partial charge in [-0.15, -0.1) is 0 Å². The Hall–Kier alpha value is -2.20. The molecule has 0 atom stereocenters. The van der Waals surface area contributed by atoms with Gasteiger partial charge in [0.15, 0.2) is 0 Å². The van der Waals surface area contributed by atoms with E-state index in [1.54, 1.807) is 18.2 Å². The summed E-state index contributed by atoms with van der Waals surface area (Å²) in [7, 11) is 0. The molecule has 4 heteroatoms. The van der Waals surface area contributed by atoms with Crippen molar-refractivity contribution in [2.75, 3.05) is 0 Å². The van der Waals surface area contributed by atoms with Crippen LogP contribution in [0, 0.1) is 13.8 Å². The second-order valence-corrected chi connectivity index (χ2v) is 6.22. The Balaban J connectivity index is 2.30. The van der Waals surface area contributed by atoms with E-state index < -0.39 is 5.97 Å². The molecule has 0 N–H and O–H groups in total. The molecular formula is C18H13BrNO2-. The molecule has 0 bridgehead atoms. The molecule has 2 aromatic carbocycles. The maximum Gasteiger partial charge on any atom is 0.0727 e. The molecular weight excluding hydrogens is 342 g/mol. The molecule has 0 aliphatic heterocycles. The molecule has 0 amide bonds. The first kappa shape index (κ1) is 14.7. The third kappa shape index (κ3) is 2.62. The third-order valence-corrected chi connectivity index (χ3v) is 4.29. The zero-order valence-electron chi connectivity index (χ0n) is 12.2. The lowest BCUT2D eigenvalue weighted by Gasteiger charge is -2.12. The molecule has 0 radical (unpaired) electrons. The van der Waals surface area contributed by atoms with E-state index in [9.17, 15) is 9.90 Å². The molecule has 0 unspecified atom stereocenters. The highest BCUT2D eigenvalue weighted by atomic mass is 79.9. The zero-order valence-corrected chi connectivity index (χ0v) is 13.8. The Bertz CT molecular complexity index is 903. The Kier molecular flexibility index (Phi) is 3.71. The van der Waals surface area contributed by atoms with E-state index in [0.717, 1.165) is 15.6 Å². The monoisotopic (exact) mass is 354 g/mol. The van der Waals surface area contributed by atoms with E-state index in [0.29, 0.717) is 16.6 Å². The van der Waals surface area contributed by atoms with Crippen LogP contribution in [0.2, 0.25) is 0 Å². The molecule has 0 aliphatic carbocycles. The normalized spacial score (nSPS) is 10.9. The van der Waals surface area contributed by atoms with Gasteiger partial charge in [-0.1, -0.05) is 34.1 Å². The number of hydrogen-bond donors (Lipinski definition) is 0. The van der Waals surface area contributed by atoms with Crippen molar-refractivity contribution in [3.8, 4) is 11.3 Å². The first-order chi connectivity index (χ1) is 10.5. The fraction of sp³-hybridized carbons (Fsp3) is 0.111. The Morgan fingerprint density at radius 2 is 1.82 bits per heavy atom. The zero-order chi connectivity index (χ0) is 15.9. The summed E-state index contributed by atoms with van der Waals surface area (Å²) in [6.45, 7) is 4.06. The van der Waals surface area contributed by atoms with Crippen molar-refractivity contribution in [3.63, 3.8) is 0 Å². The van der Waals surface area contributed by atoms with Crippen LogP contribution in [0.15, 0.2) is 46.9 Å². The van der Waals surface area contributed by atoms with Crippen molar-refractivity contribution in [3.05, 3.63) is 63.6 Å². The van der Waals surface area contributed by atoms with Gasteiger partial charge in [0.1, 0.15) is 0 Å². The van der Waals surface area contributed by atoms with Gasteiger partial charge in [0.25, 0.3) is 0 Å². The van der Waals surface area contributed by atoms with Crippen LogP contribution in [-0.2, 0) is 0 Å². The molecule has 1 aromatic heterocycles. The molecule has 0 saturated carbocycles. The fourth-order valence-corrected chi connectivity index (χ4v) is 2.77. The van der Waals surface area contributed by atoms with Crippen LogP contribution < -0.4 is 5.11 Å². The van der Waals surface area contributed by atoms with Gasteiger partial charge in [-0.05, 0) is 49.2 Å². The summed E-state index contributed by atoms with van der Waals surface area (Å²) < 4.78 is 0.856. The van der Waals surface area contributed by atoms with Gasteiger partial charge in [-0.2, -0.15) is 0 Å². The number of rotatable bonds is 2. The number of pyridine rings is 1. The first-order valence-corrected chi connectivity index (χ1v) is 7.64. The molecule has 110 valence electrons. The van der Waals surface area contributed by atoms with E-state index in [4.69, 9.17) is 0 Å². The molecule has 22 heavy (non-hydrogen) atoms. The van der Waals surface area contributed by atoms with Crippen LogP contribution in [0.5, 0.6) is 0 Å². The van der Waals surface area contributed by atoms with Gasteiger partial charge >= 0.3 is 0 Å². The SMILES string of the molecule is Cc1ccc(-c2cc(C(=O)[O-])c3ccc(Br)cc3n2)cc1C. The van der Waals surface area contributed by atoms with Gasteiger partial charge in [-0.25, -0.2) is 4.98 Å². The van der Waals surface area contributed by atoms with Gasteiger partial charge in [0, 0.05) is 21.0 Å². The number of nitrogens with zero attached hydrogens (tertiary/aromatic N) is 1. The number of hydrogen-bond acceptors (Lipinski definition) is 3. The highest BCUT2D eigenvalue weighted by Gasteiger charge is 2.09. The molecule has 0 fully saturated rings. The first-order valence-electron chi connectivity index (χ1n) is 6.85. The topological polar surface area (TPSA) is 53.0 Å². The summed E-state index contributed by atoms with van der Waals surface area (Å²) in [6.07, 6.45) is 0. The van der Waals surface area contributed by atoms with Crippen molar-refractivity contribution in [2.45, 2.75) is 13.8 Å². The summed E-state index contributed by atoms with van der Waals surface area (Å²) in [6, 6.07) is 12.9. The maximum atomic E-state index is 11.5. The van der Waals surface area contributed by atoms with Crippen LogP contribution >= 0.6 is 15.9 Å². The fourth-order valence-electron chi connectivity index (χ4n) is 2.42. The number of aromatic carboxylic acids is 1. The van der Waals surface area contributed by atoms with E-state index in [2.05, 4.69) is 20.9 Å². The van der Waals surface area contributed by atoms with Crippen LogP contribution in [0.1, 0.15) is 21.5 Å². The van der Waals surface area contributed by atoms with Crippen LogP contribution in [-0.4, -0.2) is 11.0 Å². The summed E-state index contributed by atoms with van der Waals surface area (Å²) in [5, 5.41) is 12.0. The maximum absolute atomic E-state index is 11.5. The van der Waals surface area contributed by atoms with Gasteiger partial charge in [0.2, 0.25) is 0 Å². The van der Waals surface area contributed by atoms with Gasteiger partial charge < -0.3 is 9.90 Å². The predicted octanol–water partition coefficient (Wildman–Crippen LogP) is 3.64. The summed E-state index contributed by atoms with van der Waals surface area (Å²) in [5.74, 6) is -1.19. The van der Waals surface area contributed by atoms with Gasteiger partial charge in [0.05, 0.1) is 17.2 Å². The van der Waals surface area contributed by atoms with Crippen molar-refractivity contribution >= 4 is 32.8 Å². The highest BCUT2D eigenvalue weighted by Crippen LogP contribution is 2.27. The van der Waals surface area contributed by atoms with E-state index in [-0.39, 0.29) is 5.56 Å². The number of aryl methyl sites for hydroxylation is 2. The number of carbonyl (C=O) groups is 1. The Morgan fingerprint density at radius 3 is 2.50 bits per heavy atom. The predicted molar refractivity (Wildman–Crippen MR) is 88.7 cm³/mol. The quantitative estimate of drug-likeness (QED) is 0.705. The highest BCUT2D eigenvalue weighted by molar-refractivity contribution is 9.10. The second-order valence-electron chi connectivity index (χ2n) is 5.30. The van der Waals surface area contributed by atoms with E-state index >= 15 is 0 Å². The van der Waals surface area contributed by atoms with Crippen molar-refractivity contribution in [2.24, 2.45) is 0 Å². The minimum absolute atomic E-state index is 0.158. The van der Waals surface area contributed by atoms with Crippen LogP contribution in [0.4, 0.5) is 0 Å². The lowest BCUT2D eigenvalue weighted by Crippen LogP contribution is -2.22. The number of halogens is 1. The largest absolute Gasteiger partial charge is 0.545 e. The molecule has 3 aromatic rings. The standard InChI is InChI=1S/C18H14BrNO2/c1-10-3-4-12(7-11(10)2)16-9-15(18(21)22)14-6-5-13(19)8-17(14)20-16/h3-9H,1-2H3,(H,21,22)/p-1. The summed E-state index contributed by atoms with van der Waals surface area (Å²) in [5.41, 5.74) is 4.64. The van der Waals surface area contributed by atoms with Crippen molar-refractivity contribution in [1.82, 2.24) is 4.98 Å². The molecule has 1 heterocycles. The molecule has 3 rings (SSSR count). The average Bonchev–Trinajstić information content (AvgIpc) is 2.48. The minimum Gasteiger partial charge on any atom is -0.545 e. The molecule has 0 saturated heterocycles. The van der Waals surface area contributed by atoms with E-state index in [1.165, 1.54) is 5.56 Å².